The lowest BCUT2D eigenvalue weighted by Gasteiger charge is -1.67. The van der Waals surface area contributed by atoms with E-state index >= 15 is 0 Å². The maximum absolute atomic E-state index is 3.84. The summed E-state index contributed by atoms with van der Waals surface area (Å²) in [5.74, 6) is 1.76. The van der Waals surface area contributed by atoms with E-state index in [1.807, 2.05) is 12.5 Å². The van der Waals surface area contributed by atoms with Gasteiger partial charge in [-0.2, -0.15) is 37.0 Å². The topological polar surface area (TPSA) is 0 Å². The third kappa shape index (κ3) is 42.8. The van der Waals surface area contributed by atoms with Gasteiger partial charge in [-0.1, -0.05) is 0 Å². The minimum Gasteiger partial charge on any atom is -0.179 e. The van der Waals surface area contributed by atoms with E-state index in [0.717, 1.165) is 11.5 Å². The second-order valence-electron chi connectivity index (χ2n) is 0.855. The first-order chi connectivity index (χ1) is 3.33. The fourth-order valence-electron chi connectivity index (χ4n) is 0. The zero-order chi connectivity index (χ0) is 6.12. The molecule has 0 aliphatic carbocycles. The van der Waals surface area contributed by atoms with Crippen LogP contribution in [0.2, 0.25) is 0 Å². The van der Waals surface area contributed by atoms with E-state index in [1.165, 1.54) is 0 Å². The summed E-state index contributed by atoms with van der Waals surface area (Å²) >= 11 is 9.44. The normalized spacial score (nSPS) is 6.86. The Morgan fingerprint density at radius 3 is 1.29 bits per heavy atom. The van der Waals surface area contributed by atoms with Crippen LogP contribution in [0.15, 0.2) is 0 Å². The molecule has 0 rings (SSSR count). The van der Waals surface area contributed by atoms with Crippen LogP contribution in [0.5, 0.6) is 0 Å². The lowest BCUT2D eigenvalue weighted by Crippen LogP contribution is -1.64. The first-order valence-electron chi connectivity index (χ1n) is 1.95. The van der Waals surface area contributed by atoms with Crippen molar-refractivity contribution in [1.29, 1.82) is 0 Å². The summed E-state index contributed by atoms with van der Waals surface area (Å²) in [4.78, 5) is 0. The Morgan fingerprint density at radius 1 is 1.14 bits per heavy atom. The zero-order valence-corrected chi connectivity index (χ0v) is 7.32. The molecule has 0 heterocycles. The minimum absolute atomic E-state index is 0.878. The summed E-state index contributed by atoms with van der Waals surface area (Å²) < 4.78 is 0. The smallest absolute Gasteiger partial charge is 0.000932 e. The summed E-state index contributed by atoms with van der Waals surface area (Å²) in [7, 11) is 0. The molecule has 7 heavy (non-hydrogen) atoms. The summed E-state index contributed by atoms with van der Waals surface area (Å²) in [6.45, 7) is 0. The van der Waals surface area contributed by atoms with Gasteiger partial charge in [0.15, 0.2) is 0 Å². The maximum atomic E-state index is 3.84. The number of hydrogen-bond acceptors (Lipinski definition) is 3. The van der Waals surface area contributed by atoms with Crippen molar-refractivity contribution < 1.29 is 0 Å². The summed E-state index contributed by atoms with van der Waals surface area (Å²) in [5, 5.41) is 0. The molecule has 0 saturated carbocycles. The monoisotopic (exact) mass is 156 g/mol. The highest BCUT2D eigenvalue weighted by molar-refractivity contribution is 7.97. The second kappa shape index (κ2) is 15.7. The number of thioether (sulfide) groups is 1. The van der Waals surface area contributed by atoms with Gasteiger partial charge >= 0.3 is 0 Å². The van der Waals surface area contributed by atoms with Crippen LogP contribution in [-0.2, 0) is 0 Å². The van der Waals surface area contributed by atoms with E-state index in [9.17, 15) is 0 Å². The number of rotatable bonds is 1. The molecule has 0 spiro atoms. The van der Waals surface area contributed by atoms with Gasteiger partial charge in [0.25, 0.3) is 0 Å². The quantitative estimate of drug-likeness (QED) is 0.546. The fraction of sp³-hybridized carbons (Fsp3) is 1.00. The lowest BCUT2D eigenvalue weighted by molar-refractivity contribution is 1.59. The molecule has 0 aromatic heterocycles. The van der Waals surface area contributed by atoms with Crippen molar-refractivity contribution in [3.05, 3.63) is 0 Å². The molecule has 0 bridgehead atoms. The Bertz CT molecular complexity index is 14.4. The van der Waals surface area contributed by atoms with Gasteiger partial charge in [-0.05, 0) is 24.0 Å². The van der Waals surface area contributed by atoms with Gasteiger partial charge in [-0.15, -0.1) is 0 Å². The van der Waals surface area contributed by atoms with Crippen LogP contribution in [0.3, 0.4) is 0 Å². The van der Waals surface area contributed by atoms with Gasteiger partial charge < -0.3 is 0 Å². The lowest BCUT2D eigenvalue weighted by atomic mass is 11.0. The molecule has 0 radical (unpaired) electrons. The fourth-order valence-corrected chi connectivity index (χ4v) is 0. The van der Waals surface area contributed by atoms with Crippen molar-refractivity contribution in [2.75, 3.05) is 24.0 Å². The first kappa shape index (κ1) is 10.9. The van der Waals surface area contributed by atoms with E-state index in [1.54, 1.807) is 11.8 Å². The first-order valence-corrected chi connectivity index (χ1v) is 4.85. The third-order valence-corrected chi connectivity index (χ3v) is 0.900. The Labute approximate surface area is 61.3 Å². The molecular weight excluding hydrogens is 144 g/mol. The van der Waals surface area contributed by atoms with Gasteiger partial charge in [0.05, 0.1) is 0 Å². The van der Waals surface area contributed by atoms with E-state index in [4.69, 9.17) is 0 Å². The summed E-state index contributed by atoms with van der Waals surface area (Å²) in [6.07, 6.45) is 4.08. The van der Waals surface area contributed by atoms with Gasteiger partial charge in [0.1, 0.15) is 0 Å². The standard InChI is InChI=1S/C2H6S2.C2H6S/c3-1-2-4;1-3-2/h3-4H,1-2H2;1-2H3. The molecule has 0 nitrogen and oxygen atoms in total. The van der Waals surface area contributed by atoms with Crippen molar-refractivity contribution in [2.45, 2.75) is 0 Å². The third-order valence-electron chi connectivity index (χ3n) is 0.1000. The molecule has 0 fully saturated rings. The van der Waals surface area contributed by atoms with E-state index in [2.05, 4.69) is 25.3 Å². The van der Waals surface area contributed by atoms with Crippen LogP contribution in [0.1, 0.15) is 0 Å². The van der Waals surface area contributed by atoms with Crippen LogP contribution >= 0.6 is 37.0 Å². The Hall–Kier alpha value is 1.05. The highest BCUT2D eigenvalue weighted by Crippen LogP contribution is 1.73. The molecule has 3 heteroatoms. The molecule has 0 saturated heterocycles. The molecule has 0 N–H and O–H groups in total. The van der Waals surface area contributed by atoms with Gasteiger partial charge in [-0.3, -0.25) is 0 Å². The van der Waals surface area contributed by atoms with Crippen LogP contribution < -0.4 is 0 Å². The van der Waals surface area contributed by atoms with Gasteiger partial charge in [-0.25, -0.2) is 0 Å². The average Bonchev–Trinajstić information content (AvgIpc) is 1.69. The molecule has 0 amide bonds. The summed E-state index contributed by atoms with van der Waals surface area (Å²) in [5.41, 5.74) is 0. The summed E-state index contributed by atoms with van der Waals surface area (Å²) in [6, 6.07) is 0. The SMILES string of the molecule is CSC.SCCS. The van der Waals surface area contributed by atoms with Crippen LogP contribution in [0.25, 0.3) is 0 Å². The minimum atomic E-state index is 0.878. The number of thiol groups is 2. The number of hydrogen-bond donors (Lipinski definition) is 2. The van der Waals surface area contributed by atoms with Crippen molar-refractivity contribution in [1.82, 2.24) is 0 Å². The van der Waals surface area contributed by atoms with Crippen molar-refractivity contribution in [2.24, 2.45) is 0 Å². The zero-order valence-electron chi connectivity index (χ0n) is 4.72. The van der Waals surface area contributed by atoms with Gasteiger partial charge in [0, 0.05) is 0 Å². The molecular formula is C4H12S3. The maximum Gasteiger partial charge on any atom is -0.000932 e. The molecule has 0 aliphatic heterocycles. The van der Waals surface area contributed by atoms with Gasteiger partial charge in [0.2, 0.25) is 0 Å². The van der Waals surface area contributed by atoms with E-state index in [0.29, 0.717) is 0 Å². The molecule has 0 aromatic rings. The molecule has 0 unspecified atom stereocenters. The van der Waals surface area contributed by atoms with E-state index in [-0.39, 0.29) is 0 Å². The second-order valence-corrected chi connectivity index (χ2v) is 2.57. The Kier molecular flexibility index (Phi) is 24.6. The molecule has 0 aromatic carbocycles. The van der Waals surface area contributed by atoms with Crippen LogP contribution in [0, 0.1) is 0 Å². The predicted molar refractivity (Wildman–Crippen MR) is 47.1 cm³/mol. The predicted octanol–water partition coefficient (Wildman–Crippen LogP) is 1.83. The van der Waals surface area contributed by atoms with Crippen LogP contribution in [-0.4, -0.2) is 24.0 Å². The Morgan fingerprint density at radius 2 is 1.29 bits per heavy atom. The van der Waals surface area contributed by atoms with Crippen molar-refractivity contribution in [3.8, 4) is 0 Å². The van der Waals surface area contributed by atoms with Crippen molar-refractivity contribution in [3.63, 3.8) is 0 Å². The largest absolute Gasteiger partial charge is 0.179 e. The van der Waals surface area contributed by atoms with Crippen LogP contribution in [0.4, 0.5) is 0 Å². The molecule has 0 aliphatic rings. The molecule has 0 atom stereocenters. The highest BCUT2D eigenvalue weighted by Gasteiger charge is 1.57. The molecule has 46 valence electrons. The highest BCUT2D eigenvalue weighted by atomic mass is 32.2. The van der Waals surface area contributed by atoms with E-state index < -0.39 is 0 Å². The average molecular weight is 156 g/mol. The Balaban J connectivity index is 0. The van der Waals surface area contributed by atoms with Crippen molar-refractivity contribution >= 4 is 37.0 Å².